The number of rotatable bonds is 11. The van der Waals surface area contributed by atoms with E-state index in [0.29, 0.717) is 0 Å². The first-order chi connectivity index (χ1) is 8.05. The Balaban J connectivity index is 4.05. The maximum atomic E-state index is 5.14. The van der Waals surface area contributed by atoms with E-state index in [-0.39, 0.29) is 5.41 Å². The van der Waals surface area contributed by atoms with E-state index >= 15 is 0 Å². The van der Waals surface area contributed by atoms with Crippen molar-refractivity contribution in [2.24, 2.45) is 5.41 Å². The number of nitrogens with zero attached hydrogens (tertiary/aromatic N) is 1. The minimum atomic E-state index is 0.284. The molecule has 0 aromatic rings. The van der Waals surface area contributed by atoms with E-state index < -0.39 is 0 Å². The molecule has 0 atom stereocenters. The summed E-state index contributed by atoms with van der Waals surface area (Å²) in [6.45, 7) is 16.5. The summed E-state index contributed by atoms with van der Waals surface area (Å²) in [6.07, 6.45) is 3.15. The Labute approximate surface area is 107 Å². The Morgan fingerprint density at radius 1 is 1.41 bits per heavy atom. The van der Waals surface area contributed by atoms with Crippen LogP contribution in [0.3, 0.4) is 0 Å². The van der Waals surface area contributed by atoms with Gasteiger partial charge >= 0.3 is 0 Å². The molecule has 0 bridgehead atoms. The summed E-state index contributed by atoms with van der Waals surface area (Å²) in [7, 11) is 1.75. The first-order valence-corrected chi connectivity index (χ1v) is 6.58. The third kappa shape index (κ3) is 9.33. The number of nitrogens with one attached hydrogen (secondary N) is 1. The molecule has 1 N–H and O–H groups in total. The molecule has 0 unspecified atom stereocenters. The monoisotopic (exact) mass is 242 g/mol. The molecule has 0 aliphatic carbocycles. The average Bonchev–Trinajstić information content (AvgIpc) is 2.26. The Morgan fingerprint density at radius 2 is 2.12 bits per heavy atom. The van der Waals surface area contributed by atoms with E-state index in [4.69, 9.17) is 4.74 Å². The van der Waals surface area contributed by atoms with Crippen LogP contribution in [0.1, 0.15) is 27.2 Å². The van der Waals surface area contributed by atoms with Gasteiger partial charge in [-0.25, -0.2) is 0 Å². The molecule has 0 aromatic carbocycles. The van der Waals surface area contributed by atoms with Crippen molar-refractivity contribution >= 4 is 0 Å². The molecule has 0 aliphatic heterocycles. The van der Waals surface area contributed by atoms with Crippen molar-refractivity contribution in [3.05, 3.63) is 12.7 Å². The van der Waals surface area contributed by atoms with Crippen LogP contribution in [0.4, 0.5) is 0 Å². The lowest BCUT2D eigenvalue weighted by Crippen LogP contribution is -2.42. The molecule has 0 saturated heterocycles. The van der Waals surface area contributed by atoms with Gasteiger partial charge in [-0.15, -0.1) is 6.58 Å². The van der Waals surface area contributed by atoms with E-state index in [1.807, 2.05) is 6.08 Å². The van der Waals surface area contributed by atoms with Gasteiger partial charge in [-0.3, -0.25) is 4.90 Å². The molecule has 0 spiro atoms. The predicted molar refractivity (Wildman–Crippen MR) is 75.5 cm³/mol. The molecule has 0 aromatic heterocycles. The van der Waals surface area contributed by atoms with Crippen molar-refractivity contribution < 1.29 is 4.74 Å². The lowest BCUT2D eigenvalue weighted by Gasteiger charge is -2.32. The zero-order chi connectivity index (χ0) is 13.1. The number of hydrogen-bond donors (Lipinski definition) is 1. The van der Waals surface area contributed by atoms with E-state index in [2.05, 4.69) is 37.6 Å². The second-order valence-electron chi connectivity index (χ2n) is 5.36. The second-order valence-corrected chi connectivity index (χ2v) is 5.36. The third-order valence-corrected chi connectivity index (χ3v) is 2.68. The average molecular weight is 242 g/mol. The molecule has 3 heteroatoms. The Hall–Kier alpha value is -0.380. The van der Waals surface area contributed by atoms with Crippen molar-refractivity contribution in [1.29, 1.82) is 0 Å². The zero-order valence-electron chi connectivity index (χ0n) is 12.1. The van der Waals surface area contributed by atoms with Gasteiger partial charge in [0.1, 0.15) is 0 Å². The van der Waals surface area contributed by atoms with Crippen LogP contribution in [0.5, 0.6) is 0 Å². The topological polar surface area (TPSA) is 24.5 Å². The standard InChI is InChI=1S/C14H30N2O/c1-6-8-15-12-14(3,4)13-16(9-7-2)10-11-17-5/h7,15H,2,6,8-13H2,1,3-5H3. The predicted octanol–water partition coefficient (Wildman–Crippen LogP) is 2.15. The molecule has 0 radical (unpaired) electrons. The Kier molecular flexibility index (Phi) is 9.41. The highest BCUT2D eigenvalue weighted by molar-refractivity contribution is 4.80. The molecule has 102 valence electrons. The minimum Gasteiger partial charge on any atom is -0.383 e. The van der Waals surface area contributed by atoms with E-state index in [1.165, 1.54) is 6.42 Å². The van der Waals surface area contributed by atoms with Crippen molar-refractivity contribution in [3.8, 4) is 0 Å². The summed E-state index contributed by atoms with van der Waals surface area (Å²) in [4.78, 5) is 2.39. The second kappa shape index (κ2) is 9.63. The Bertz CT molecular complexity index is 193. The summed E-state index contributed by atoms with van der Waals surface area (Å²) in [5.41, 5.74) is 0.284. The summed E-state index contributed by atoms with van der Waals surface area (Å²) in [6, 6.07) is 0. The van der Waals surface area contributed by atoms with Crippen LogP contribution < -0.4 is 5.32 Å². The van der Waals surface area contributed by atoms with Gasteiger partial charge in [-0.05, 0) is 18.4 Å². The smallest absolute Gasteiger partial charge is 0.0589 e. The highest BCUT2D eigenvalue weighted by Crippen LogP contribution is 2.15. The lowest BCUT2D eigenvalue weighted by atomic mass is 9.92. The molecule has 0 heterocycles. The van der Waals surface area contributed by atoms with Crippen LogP contribution in [-0.4, -0.2) is 51.3 Å². The van der Waals surface area contributed by atoms with E-state index in [0.717, 1.165) is 39.3 Å². The fourth-order valence-electron chi connectivity index (χ4n) is 1.90. The highest BCUT2D eigenvalue weighted by Gasteiger charge is 2.20. The van der Waals surface area contributed by atoms with Crippen LogP contribution in [0.25, 0.3) is 0 Å². The minimum absolute atomic E-state index is 0.284. The van der Waals surface area contributed by atoms with Crippen LogP contribution in [0, 0.1) is 5.41 Å². The molecule has 0 saturated carbocycles. The van der Waals surface area contributed by atoms with E-state index in [1.54, 1.807) is 7.11 Å². The van der Waals surface area contributed by atoms with Gasteiger partial charge in [0.15, 0.2) is 0 Å². The van der Waals surface area contributed by atoms with Gasteiger partial charge in [-0.1, -0.05) is 26.8 Å². The molecule has 17 heavy (non-hydrogen) atoms. The number of ether oxygens (including phenoxy) is 1. The quantitative estimate of drug-likeness (QED) is 0.444. The summed E-state index contributed by atoms with van der Waals surface area (Å²) < 4.78 is 5.14. The van der Waals surface area contributed by atoms with Gasteiger partial charge < -0.3 is 10.1 Å². The first kappa shape index (κ1) is 16.6. The molecule has 0 rings (SSSR count). The van der Waals surface area contributed by atoms with Crippen LogP contribution in [0.2, 0.25) is 0 Å². The third-order valence-electron chi connectivity index (χ3n) is 2.68. The SMILES string of the molecule is C=CCN(CCOC)CC(C)(C)CNCCC. The van der Waals surface area contributed by atoms with Crippen molar-refractivity contribution in [3.63, 3.8) is 0 Å². The highest BCUT2D eigenvalue weighted by atomic mass is 16.5. The molecule has 0 amide bonds. The normalized spacial score (nSPS) is 12.1. The fraction of sp³-hybridized carbons (Fsp3) is 0.857. The molecule has 0 fully saturated rings. The van der Waals surface area contributed by atoms with Gasteiger partial charge in [0, 0.05) is 33.3 Å². The maximum absolute atomic E-state index is 5.14. The zero-order valence-corrected chi connectivity index (χ0v) is 12.1. The van der Waals surface area contributed by atoms with Crippen molar-refractivity contribution in [2.75, 3.05) is 46.4 Å². The molecule has 0 aliphatic rings. The summed E-state index contributed by atoms with van der Waals surface area (Å²) >= 11 is 0. The van der Waals surface area contributed by atoms with Crippen LogP contribution in [-0.2, 0) is 4.74 Å². The molecular formula is C14H30N2O. The van der Waals surface area contributed by atoms with Crippen molar-refractivity contribution in [2.45, 2.75) is 27.2 Å². The molecule has 3 nitrogen and oxygen atoms in total. The largest absolute Gasteiger partial charge is 0.383 e. The lowest BCUT2D eigenvalue weighted by molar-refractivity contribution is 0.125. The summed E-state index contributed by atoms with van der Waals surface area (Å²) in [5, 5.41) is 3.50. The number of methoxy groups -OCH3 is 1. The van der Waals surface area contributed by atoms with E-state index in [9.17, 15) is 0 Å². The molecular weight excluding hydrogens is 212 g/mol. The number of hydrogen-bond acceptors (Lipinski definition) is 3. The summed E-state index contributed by atoms with van der Waals surface area (Å²) in [5.74, 6) is 0. The fourth-order valence-corrected chi connectivity index (χ4v) is 1.90. The van der Waals surface area contributed by atoms with Gasteiger partial charge in [0.2, 0.25) is 0 Å². The van der Waals surface area contributed by atoms with Gasteiger partial charge in [0.05, 0.1) is 6.61 Å². The first-order valence-electron chi connectivity index (χ1n) is 6.58. The Morgan fingerprint density at radius 3 is 2.65 bits per heavy atom. The maximum Gasteiger partial charge on any atom is 0.0589 e. The van der Waals surface area contributed by atoms with Gasteiger partial charge in [0.25, 0.3) is 0 Å². The van der Waals surface area contributed by atoms with Crippen LogP contribution in [0.15, 0.2) is 12.7 Å². The van der Waals surface area contributed by atoms with Gasteiger partial charge in [-0.2, -0.15) is 0 Å². The van der Waals surface area contributed by atoms with Crippen molar-refractivity contribution in [1.82, 2.24) is 10.2 Å². The van der Waals surface area contributed by atoms with Crippen LogP contribution >= 0.6 is 0 Å².